The molecule has 1 aliphatic heterocycles. The molecule has 190 valence electrons. The minimum Gasteiger partial charge on any atom is -0.490 e. The van der Waals surface area contributed by atoms with Crippen LogP contribution >= 0.6 is 0 Å². The number of ether oxygens (including phenoxy) is 1. The number of amides is 1. The van der Waals surface area contributed by atoms with E-state index in [2.05, 4.69) is 65.6 Å². The molecule has 4 rings (SSSR count). The molecule has 1 amide bonds. The Bertz CT molecular complexity index is 956. The second kappa shape index (κ2) is 12.5. The second-order valence-electron chi connectivity index (χ2n) is 10.6. The molecule has 2 heterocycles. The number of unbranched alkanes of at least 4 members (excludes halogenated alkanes) is 1. The first-order chi connectivity index (χ1) is 17.0. The zero-order valence-electron chi connectivity index (χ0n) is 21.8. The minimum absolute atomic E-state index is 0.140. The molecule has 2 aliphatic rings. The van der Waals surface area contributed by atoms with E-state index in [-0.39, 0.29) is 5.91 Å². The Morgan fingerprint density at radius 1 is 1.11 bits per heavy atom. The number of nitrogens with one attached hydrogen (secondary N) is 1. The molecule has 0 bridgehead atoms. The highest BCUT2D eigenvalue weighted by molar-refractivity contribution is 5.93. The fourth-order valence-electron chi connectivity index (χ4n) is 5.31. The van der Waals surface area contributed by atoms with Crippen molar-refractivity contribution in [3.05, 3.63) is 41.7 Å². The largest absolute Gasteiger partial charge is 0.490 e. The number of nitrogens with zero attached hydrogens (tertiary/aromatic N) is 3. The third-order valence-electron chi connectivity index (χ3n) is 7.73. The van der Waals surface area contributed by atoms with E-state index in [0.29, 0.717) is 30.2 Å². The molecule has 0 radical (unpaired) electrons. The van der Waals surface area contributed by atoms with Gasteiger partial charge >= 0.3 is 0 Å². The summed E-state index contributed by atoms with van der Waals surface area (Å²) in [6, 6.07) is 10.2. The monoisotopic (exact) mass is 478 g/mol. The molecule has 35 heavy (non-hydrogen) atoms. The van der Waals surface area contributed by atoms with Crippen molar-refractivity contribution in [2.75, 3.05) is 26.7 Å². The van der Waals surface area contributed by atoms with Crippen LogP contribution in [0.5, 0.6) is 5.75 Å². The molecule has 6 heteroatoms. The number of hydrogen-bond donors (Lipinski definition) is 1. The maximum absolute atomic E-state index is 13.0. The first-order valence-corrected chi connectivity index (χ1v) is 13.6. The Labute approximate surface area is 210 Å². The lowest BCUT2D eigenvalue weighted by Gasteiger charge is -2.34. The zero-order chi connectivity index (χ0) is 24.6. The van der Waals surface area contributed by atoms with Crippen molar-refractivity contribution in [2.24, 2.45) is 11.8 Å². The standard InChI is InChI=1S/C29H42N4O2/c1-4-5-11-27-26(22-12-14-25(15-13-22)35-24-9-7-6-8-10-24)18-28(32-31-27)29(34)30-19-23-20-33(3)17-16-21(23)2/h12-15,18,21,23-24H,4-11,16-17,19-20H2,1-3H3,(H,30,34). The van der Waals surface area contributed by atoms with E-state index in [1.807, 2.05) is 6.07 Å². The minimum atomic E-state index is -0.140. The van der Waals surface area contributed by atoms with Crippen LogP contribution in [-0.2, 0) is 6.42 Å². The molecule has 2 fully saturated rings. The quantitative estimate of drug-likeness (QED) is 0.514. The van der Waals surface area contributed by atoms with Gasteiger partial charge in [-0.2, -0.15) is 5.10 Å². The predicted molar refractivity (Wildman–Crippen MR) is 141 cm³/mol. The molecule has 0 spiro atoms. The highest BCUT2D eigenvalue weighted by Crippen LogP contribution is 2.29. The van der Waals surface area contributed by atoms with Gasteiger partial charge in [0.15, 0.2) is 5.69 Å². The highest BCUT2D eigenvalue weighted by Gasteiger charge is 2.25. The third kappa shape index (κ3) is 7.03. The molecular formula is C29H42N4O2. The Hall–Kier alpha value is -2.47. The van der Waals surface area contributed by atoms with Gasteiger partial charge in [0.1, 0.15) is 5.75 Å². The van der Waals surface area contributed by atoms with E-state index in [4.69, 9.17) is 4.74 Å². The van der Waals surface area contributed by atoms with Crippen LogP contribution in [0.15, 0.2) is 30.3 Å². The summed E-state index contributed by atoms with van der Waals surface area (Å²) in [7, 11) is 2.15. The molecular weight excluding hydrogens is 436 g/mol. The molecule has 2 aromatic rings. The van der Waals surface area contributed by atoms with Crippen molar-refractivity contribution in [2.45, 2.75) is 77.7 Å². The average molecular weight is 479 g/mol. The first kappa shape index (κ1) is 25.6. The number of piperidine rings is 1. The van der Waals surface area contributed by atoms with Gasteiger partial charge in [-0.3, -0.25) is 4.79 Å². The average Bonchev–Trinajstić information content (AvgIpc) is 2.89. The first-order valence-electron chi connectivity index (χ1n) is 13.6. The molecule has 1 saturated carbocycles. The Kier molecular flexibility index (Phi) is 9.13. The lowest BCUT2D eigenvalue weighted by atomic mass is 9.87. The van der Waals surface area contributed by atoms with E-state index in [9.17, 15) is 4.79 Å². The highest BCUT2D eigenvalue weighted by atomic mass is 16.5. The van der Waals surface area contributed by atoms with Crippen LogP contribution in [0.2, 0.25) is 0 Å². The van der Waals surface area contributed by atoms with Crippen LogP contribution < -0.4 is 10.1 Å². The molecule has 2 atom stereocenters. The molecule has 1 N–H and O–H groups in total. The van der Waals surface area contributed by atoms with Gasteiger partial charge in [0.25, 0.3) is 5.91 Å². The van der Waals surface area contributed by atoms with E-state index in [0.717, 1.165) is 67.8 Å². The molecule has 6 nitrogen and oxygen atoms in total. The van der Waals surface area contributed by atoms with Crippen LogP contribution in [0.1, 0.15) is 81.4 Å². The van der Waals surface area contributed by atoms with Gasteiger partial charge < -0.3 is 15.0 Å². The number of aromatic nitrogens is 2. The van der Waals surface area contributed by atoms with Crippen LogP contribution in [0.4, 0.5) is 0 Å². The van der Waals surface area contributed by atoms with Gasteiger partial charge in [0.2, 0.25) is 0 Å². The Morgan fingerprint density at radius 3 is 2.63 bits per heavy atom. The van der Waals surface area contributed by atoms with Gasteiger partial charge in [-0.05, 0) is 94.1 Å². The number of carbonyl (C=O) groups is 1. The van der Waals surface area contributed by atoms with Crippen molar-refractivity contribution in [3.8, 4) is 16.9 Å². The van der Waals surface area contributed by atoms with Gasteiger partial charge in [0.05, 0.1) is 11.8 Å². The maximum Gasteiger partial charge on any atom is 0.271 e. The van der Waals surface area contributed by atoms with Gasteiger partial charge in [-0.15, -0.1) is 5.10 Å². The van der Waals surface area contributed by atoms with Crippen LogP contribution in [0.3, 0.4) is 0 Å². The van der Waals surface area contributed by atoms with Gasteiger partial charge in [0, 0.05) is 18.7 Å². The summed E-state index contributed by atoms with van der Waals surface area (Å²) < 4.78 is 6.21. The molecule has 1 aromatic carbocycles. The van der Waals surface area contributed by atoms with Crippen molar-refractivity contribution in [1.29, 1.82) is 0 Å². The van der Waals surface area contributed by atoms with E-state index in [1.54, 1.807) is 0 Å². The number of benzene rings is 1. The van der Waals surface area contributed by atoms with E-state index < -0.39 is 0 Å². The second-order valence-corrected chi connectivity index (χ2v) is 10.6. The summed E-state index contributed by atoms with van der Waals surface area (Å²) in [5, 5.41) is 11.9. The van der Waals surface area contributed by atoms with Crippen molar-refractivity contribution >= 4 is 5.91 Å². The summed E-state index contributed by atoms with van der Waals surface area (Å²) in [5.74, 6) is 1.85. The van der Waals surface area contributed by atoms with Gasteiger partial charge in [-0.1, -0.05) is 38.8 Å². The summed E-state index contributed by atoms with van der Waals surface area (Å²) in [6.45, 7) is 7.28. The lowest BCUT2D eigenvalue weighted by molar-refractivity contribution is 0.0912. The third-order valence-corrected chi connectivity index (χ3v) is 7.73. The maximum atomic E-state index is 13.0. The van der Waals surface area contributed by atoms with E-state index >= 15 is 0 Å². The predicted octanol–water partition coefficient (Wildman–Crippen LogP) is 5.52. The molecule has 1 aliphatic carbocycles. The van der Waals surface area contributed by atoms with E-state index in [1.165, 1.54) is 25.7 Å². The topological polar surface area (TPSA) is 67.4 Å². The summed E-state index contributed by atoms with van der Waals surface area (Å²) >= 11 is 0. The number of carbonyl (C=O) groups excluding carboxylic acids is 1. The Balaban J connectivity index is 1.47. The SMILES string of the molecule is CCCCc1nnc(C(=O)NCC2CN(C)CCC2C)cc1-c1ccc(OC2CCCCC2)cc1. The summed E-state index contributed by atoms with van der Waals surface area (Å²) in [6.07, 6.45) is 10.6. The van der Waals surface area contributed by atoms with Crippen LogP contribution in [-0.4, -0.2) is 53.8 Å². The number of aryl methyl sites for hydroxylation is 1. The van der Waals surface area contributed by atoms with Crippen LogP contribution in [0, 0.1) is 11.8 Å². The number of likely N-dealkylation sites (tertiary alicyclic amines) is 1. The van der Waals surface area contributed by atoms with Gasteiger partial charge in [-0.25, -0.2) is 0 Å². The summed E-state index contributed by atoms with van der Waals surface area (Å²) in [4.78, 5) is 15.4. The zero-order valence-corrected chi connectivity index (χ0v) is 21.8. The van der Waals surface area contributed by atoms with Crippen molar-refractivity contribution in [3.63, 3.8) is 0 Å². The summed E-state index contributed by atoms with van der Waals surface area (Å²) in [5.41, 5.74) is 3.39. The van der Waals surface area contributed by atoms with Crippen LogP contribution in [0.25, 0.3) is 11.1 Å². The van der Waals surface area contributed by atoms with Crippen molar-refractivity contribution in [1.82, 2.24) is 20.4 Å². The number of hydrogen-bond acceptors (Lipinski definition) is 5. The molecule has 2 unspecified atom stereocenters. The smallest absolute Gasteiger partial charge is 0.271 e. The molecule has 1 aromatic heterocycles. The lowest BCUT2D eigenvalue weighted by Crippen LogP contribution is -2.43. The molecule has 1 saturated heterocycles. The Morgan fingerprint density at radius 2 is 1.89 bits per heavy atom. The fraction of sp³-hybridized carbons (Fsp3) is 0.621. The van der Waals surface area contributed by atoms with Crippen molar-refractivity contribution < 1.29 is 9.53 Å². The fourth-order valence-corrected chi connectivity index (χ4v) is 5.31. The normalized spacial score (nSPS) is 21.6. The number of rotatable bonds is 9.